The molecule has 0 aliphatic carbocycles. The Morgan fingerprint density at radius 2 is 2.62 bits per heavy atom. The fourth-order valence-electron chi connectivity index (χ4n) is 0.732. The van der Waals surface area contributed by atoms with Gasteiger partial charge in [-0.05, 0) is 11.8 Å². The Balaban J connectivity index is 2.79. The highest BCUT2D eigenvalue weighted by Crippen LogP contribution is 2.06. The van der Waals surface area contributed by atoms with E-state index in [4.69, 9.17) is 10.1 Å². The lowest BCUT2D eigenvalue weighted by atomic mass is 10.6. The largest absolute Gasteiger partial charge is 0.474 e. The predicted molar refractivity (Wildman–Crippen MR) is 43.7 cm³/mol. The van der Waals surface area contributed by atoms with Crippen molar-refractivity contribution in [3.8, 4) is 0 Å². The molecule has 0 atom stereocenters. The minimum absolute atomic E-state index is 0.0635. The lowest BCUT2D eigenvalue weighted by Crippen LogP contribution is -2.06. The van der Waals surface area contributed by atoms with E-state index < -0.39 is 4.92 Å². The van der Waals surface area contributed by atoms with Crippen molar-refractivity contribution in [2.24, 2.45) is 0 Å². The van der Waals surface area contributed by atoms with Gasteiger partial charge < -0.3 is 14.9 Å². The maximum absolute atomic E-state index is 10.2. The molecule has 0 fully saturated rings. The third-order valence-electron chi connectivity index (χ3n) is 1.26. The Labute approximate surface area is 73.4 Å². The summed E-state index contributed by atoms with van der Waals surface area (Å²) in [5.41, 5.74) is 0. The number of nitro groups is 1. The highest BCUT2D eigenvalue weighted by molar-refractivity contribution is 5.87. The van der Waals surface area contributed by atoms with Crippen LogP contribution in [-0.4, -0.2) is 27.4 Å². The van der Waals surface area contributed by atoms with Gasteiger partial charge in [0.15, 0.2) is 0 Å². The Morgan fingerprint density at radius 1 is 1.92 bits per heavy atom. The Bertz CT molecular complexity index is 332. The van der Waals surface area contributed by atoms with Crippen LogP contribution in [0.25, 0.3) is 0 Å². The molecule has 0 bridgehead atoms. The van der Waals surface area contributed by atoms with Gasteiger partial charge in [0.2, 0.25) is 0 Å². The van der Waals surface area contributed by atoms with Crippen molar-refractivity contribution < 1.29 is 9.66 Å². The zero-order valence-electron chi connectivity index (χ0n) is 6.90. The number of aromatic amines is 1. The van der Waals surface area contributed by atoms with Gasteiger partial charge in [-0.1, -0.05) is 0 Å². The standard InChI is InChI=1S/C6H8N4O3/c1-2-13-5(7)6-8-3-4(9-6)10(11)12/h3,7H,2H2,1H3,(H,8,9). The molecule has 2 N–H and O–H groups in total. The van der Waals surface area contributed by atoms with Gasteiger partial charge in [0.05, 0.1) is 6.61 Å². The summed E-state index contributed by atoms with van der Waals surface area (Å²) >= 11 is 0. The van der Waals surface area contributed by atoms with E-state index in [0.717, 1.165) is 6.20 Å². The SMILES string of the molecule is CCOC(=N)c1ncc([N+](=O)[O-])[nH]1. The van der Waals surface area contributed by atoms with Gasteiger partial charge in [0, 0.05) is 0 Å². The molecule has 70 valence electrons. The lowest BCUT2D eigenvalue weighted by molar-refractivity contribution is -0.389. The van der Waals surface area contributed by atoms with Gasteiger partial charge in [-0.3, -0.25) is 5.41 Å². The van der Waals surface area contributed by atoms with Crippen molar-refractivity contribution in [2.75, 3.05) is 6.61 Å². The first kappa shape index (κ1) is 9.17. The Morgan fingerprint density at radius 3 is 3.08 bits per heavy atom. The second-order valence-corrected chi connectivity index (χ2v) is 2.14. The van der Waals surface area contributed by atoms with Crippen LogP contribution >= 0.6 is 0 Å². The van der Waals surface area contributed by atoms with Crippen LogP contribution in [0.1, 0.15) is 12.7 Å². The van der Waals surface area contributed by atoms with E-state index in [1.54, 1.807) is 6.92 Å². The molecular weight excluding hydrogens is 176 g/mol. The number of aromatic nitrogens is 2. The zero-order chi connectivity index (χ0) is 9.84. The summed E-state index contributed by atoms with van der Waals surface area (Å²) in [6.45, 7) is 2.04. The van der Waals surface area contributed by atoms with Gasteiger partial charge >= 0.3 is 5.82 Å². The summed E-state index contributed by atoms with van der Waals surface area (Å²) < 4.78 is 4.79. The molecule has 0 amide bonds. The molecule has 0 saturated carbocycles. The van der Waals surface area contributed by atoms with Crippen molar-refractivity contribution in [2.45, 2.75) is 6.92 Å². The number of hydrogen-bond acceptors (Lipinski definition) is 5. The van der Waals surface area contributed by atoms with E-state index in [2.05, 4.69) is 9.97 Å². The predicted octanol–water partition coefficient (Wildman–Crippen LogP) is 0.680. The molecule has 1 aromatic rings. The van der Waals surface area contributed by atoms with E-state index in [1.165, 1.54) is 0 Å². The fraction of sp³-hybridized carbons (Fsp3) is 0.333. The second-order valence-electron chi connectivity index (χ2n) is 2.14. The highest BCUT2D eigenvalue weighted by Gasteiger charge is 2.14. The molecule has 7 nitrogen and oxygen atoms in total. The lowest BCUT2D eigenvalue weighted by Gasteiger charge is -1.96. The van der Waals surface area contributed by atoms with E-state index in [-0.39, 0.29) is 17.5 Å². The van der Waals surface area contributed by atoms with Crippen molar-refractivity contribution >= 4 is 11.7 Å². The number of hydrogen-bond donors (Lipinski definition) is 2. The molecule has 1 heterocycles. The number of rotatable bonds is 3. The van der Waals surface area contributed by atoms with Crippen LogP contribution in [-0.2, 0) is 4.74 Å². The molecule has 7 heteroatoms. The summed E-state index contributed by atoms with van der Waals surface area (Å²) in [5, 5.41) is 17.5. The van der Waals surface area contributed by atoms with E-state index in [9.17, 15) is 10.1 Å². The molecule has 0 radical (unpaired) electrons. The van der Waals surface area contributed by atoms with E-state index >= 15 is 0 Å². The number of imidazole rings is 1. The topological polar surface area (TPSA) is 105 Å². The number of ether oxygens (including phenoxy) is 1. The first-order valence-electron chi connectivity index (χ1n) is 3.56. The third-order valence-corrected chi connectivity index (χ3v) is 1.26. The normalized spacial score (nSPS) is 9.62. The van der Waals surface area contributed by atoms with Crippen molar-refractivity contribution in [3.63, 3.8) is 0 Å². The first-order valence-corrected chi connectivity index (χ1v) is 3.56. The van der Waals surface area contributed by atoms with Crippen molar-refractivity contribution in [1.29, 1.82) is 5.41 Å². The van der Waals surface area contributed by atoms with E-state index in [1.807, 2.05) is 0 Å². The molecule has 0 aromatic carbocycles. The third kappa shape index (κ3) is 2.01. The minimum atomic E-state index is -0.615. The van der Waals surface area contributed by atoms with Crippen LogP contribution in [0, 0.1) is 15.5 Å². The second kappa shape index (κ2) is 3.65. The molecular formula is C6H8N4O3. The smallest absolute Gasteiger partial charge is 0.341 e. The van der Waals surface area contributed by atoms with Crippen molar-refractivity contribution in [3.05, 3.63) is 22.1 Å². The quantitative estimate of drug-likeness (QED) is 0.312. The average Bonchev–Trinajstić information content (AvgIpc) is 2.52. The summed E-state index contributed by atoms with van der Waals surface area (Å²) in [4.78, 5) is 15.5. The molecule has 1 aromatic heterocycles. The molecule has 0 spiro atoms. The molecule has 0 aliphatic rings. The van der Waals surface area contributed by atoms with Crippen LogP contribution in [0.4, 0.5) is 5.82 Å². The monoisotopic (exact) mass is 184 g/mol. The summed E-state index contributed by atoms with van der Waals surface area (Å²) in [7, 11) is 0. The molecule has 0 saturated heterocycles. The van der Waals surface area contributed by atoms with E-state index in [0.29, 0.717) is 6.61 Å². The highest BCUT2D eigenvalue weighted by atomic mass is 16.6. The van der Waals surface area contributed by atoms with Crippen LogP contribution in [0.15, 0.2) is 6.20 Å². The van der Waals surface area contributed by atoms with Crippen LogP contribution in [0.2, 0.25) is 0 Å². The Kier molecular flexibility index (Phi) is 2.58. The maximum atomic E-state index is 10.2. The summed E-state index contributed by atoms with van der Waals surface area (Å²) in [6, 6.07) is 0. The van der Waals surface area contributed by atoms with Crippen LogP contribution < -0.4 is 0 Å². The molecule has 0 unspecified atom stereocenters. The van der Waals surface area contributed by atoms with Gasteiger partial charge in [-0.2, -0.15) is 0 Å². The number of H-pyrrole nitrogens is 1. The van der Waals surface area contributed by atoms with Crippen molar-refractivity contribution in [1.82, 2.24) is 9.97 Å². The van der Waals surface area contributed by atoms with Gasteiger partial charge in [0.25, 0.3) is 11.7 Å². The molecule has 1 rings (SSSR count). The minimum Gasteiger partial charge on any atom is -0.474 e. The number of nitrogens with zero attached hydrogens (tertiary/aromatic N) is 2. The van der Waals surface area contributed by atoms with Gasteiger partial charge in [0.1, 0.15) is 6.20 Å². The molecule has 13 heavy (non-hydrogen) atoms. The Hall–Kier alpha value is -1.92. The van der Waals surface area contributed by atoms with Crippen LogP contribution in [0.5, 0.6) is 0 Å². The average molecular weight is 184 g/mol. The fourth-order valence-corrected chi connectivity index (χ4v) is 0.732. The maximum Gasteiger partial charge on any atom is 0.341 e. The molecule has 0 aliphatic heterocycles. The van der Waals surface area contributed by atoms with Crippen LogP contribution in [0.3, 0.4) is 0 Å². The summed E-state index contributed by atoms with van der Waals surface area (Å²) in [6.07, 6.45) is 1.04. The number of nitrogens with one attached hydrogen (secondary N) is 2. The summed E-state index contributed by atoms with van der Waals surface area (Å²) in [5.74, 6) is -0.386. The van der Waals surface area contributed by atoms with Gasteiger partial charge in [-0.15, -0.1) is 0 Å². The van der Waals surface area contributed by atoms with Gasteiger partial charge in [-0.25, -0.2) is 9.97 Å². The first-order chi connectivity index (χ1) is 6.15. The zero-order valence-corrected chi connectivity index (χ0v) is 6.90.